The summed E-state index contributed by atoms with van der Waals surface area (Å²) in [5.74, 6) is 0.306. The number of ether oxygens (including phenoxy) is 1. The van der Waals surface area contributed by atoms with Gasteiger partial charge in [-0.05, 0) is 51.1 Å². The number of pyridine rings is 1. The van der Waals surface area contributed by atoms with Crippen LogP contribution in [0.15, 0.2) is 29.8 Å². The lowest BCUT2D eigenvalue weighted by molar-refractivity contribution is -0.121. The van der Waals surface area contributed by atoms with E-state index < -0.39 is 5.60 Å². The Morgan fingerprint density at radius 3 is 2.90 bits per heavy atom. The second-order valence-corrected chi connectivity index (χ2v) is 9.32. The van der Waals surface area contributed by atoms with Gasteiger partial charge in [0.1, 0.15) is 11.1 Å². The molecule has 0 aromatic carbocycles. The lowest BCUT2D eigenvalue weighted by Gasteiger charge is -2.33. The van der Waals surface area contributed by atoms with E-state index in [0.717, 1.165) is 23.5 Å². The van der Waals surface area contributed by atoms with Crippen LogP contribution in [-0.2, 0) is 9.53 Å². The summed E-state index contributed by atoms with van der Waals surface area (Å²) in [6.07, 6.45) is 2.74. The normalized spacial score (nSPS) is 17.2. The van der Waals surface area contributed by atoms with E-state index in [9.17, 15) is 9.59 Å². The minimum absolute atomic E-state index is 0.122. The molecule has 4 heterocycles. The zero-order valence-electron chi connectivity index (χ0n) is 17.3. The van der Waals surface area contributed by atoms with Crippen LogP contribution < -0.4 is 5.32 Å². The van der Waals surface area contributed by atoms with Gasteiger partial charge in [0.05, 0.1) is 16.5 Å². The average molecular weight is 428 g/mol. The number of thiophene rings is 1. The second kappa shape index (κ2) is 8.06. The van der Waals surface area contributed by atoms with Crippen molar-refractivity contribution >= 4 is 40.2 Å². The van der Waals surface area contributed by atoms with Gasteiger partial charge in [-0.15, -0.1) is 11.3 Å². The molecule has 2 amide bonds. The van der Waals surface area contributed by atoms with Crippen molar-refractivity contribution in [1.82, 2.24) is 19.9 Å². The summed E-state index contributed by atoms with van der Waals surface area (Å²) in [4.78, 5) is 40.1. The molecule has 2 N–H and O–H groups in total. The number of aromatic amines is 1. The SMILES string of the molecule is CC(C)(C)OC(=O)N1CCCC(C(=O)Nc2ccnc3nc(-c4cccs4)[nH]c23)C1. The molecule has 0 saturated carbocycles. The Morgan fingerprint density at radius 1 is 1.33 bits per heavy atom. The zero-order valence-corrected chi connectivity index (χ0v) is 18.1. The van der Waals surface area contributed by atoms with E-state index in [2.05, 4.69) is 20.3 Å². The van der Waals surface area contributed by atoms with Crippen LogP contribution in [0.2, 0.25) is 0 Å². The van der Waals surface area contributed by atoms with Crippen molar-refractivity contribution in [3.8, 4) is 10.7 Å². The molecule has 30 heavy (non-hydrogen) atoms. The first-order chi connectivity index (χ1) is 14.3. The minimum Gasteiger partial charge on any atom is -0.444 e. The highest BCUT2D eigenvalue weighted by Gasteiger charge is 2.31. The predicted octanol–water partition coefficient (Wildman–Crippen LogP) is 4.27. The predicted molar refractivity (Wildman–Crippen MR) is 116 cm³/mol. The molecule has 3 aromatic rings. The molecule has 8 nitrogen and oxygen atoms in total. The fourth-order valence-electron chi connectivity index (χ4n) is 3.46. The molecular formula is C21H25N5O3S. The van der Waals surface area contributed by atoms with Gasteiger partial charge in [0.25, 0.3) is 0 Å². The van der Waals surface area contributed by atoms with Crippen molar-refractivity contribution in [2.24, 2.45) is 5.92 Å². The Labute approximate surface area is 178 Å². The van der Waals surface area contributed by atoms with E-state index in [-0.39, 0.29) is 17.9 Å². The van der Waals surface area contributed by atoms with Crippen molar-refractivity contribution in [2.75, 3.05) is 18.4 Å². The van der Waals surface area contributed by atoms with Gasteiger partial charge < -0.3 is 19.9 Å². The number of fused-ring (bicyclic) bond motifs is 1. The van der Waals surface area contributed by atoms with Gasteiger partial charge in [-0.3, -0.25) is 4.79 Å². The van der Waals surface area contributed by atoms with Crippen LogP contribution in [0.1, 0.15) is 33.6 Å². The molecule has 158 valence electrons. The topological polar surface area (TPSA) is 100 Å². The van der Waals surface area contributed by atoms with Crippen LogP contribution in [0.5, 0.6) is 0 Å². The van der Waals surface area contributed by atoms with E-state index in [0.29, 0.717) is 29.9 Å². The number of piperidine rings is 1. The van der Waals surface area contributed by atoms with Gasteiger partial charge >= 0.3 is 6.09 Å². The molecule has 9 heteroatoms. The minimum atomic E-state index is -0.560. The van der Waals surface area contributed by atoms with Gasteiger partial charge in [-0.2, -0.15) is 0 Å². The van der Waals surface area contributed by atoms with Gasteiger partial charge in [0, 0.05) is 19.3 Å². The molecule has 0 radical (unpaired) electrons. The Balaban J connectivity index is 1.48. The van der Waals surface area contributed by atoms with Crippen LogP contribution in [0.4, 0.5) is 10.5 Å². The van der Waals surface area contributed by atoms with Gasteiger partial charge in [-0.1, -0.05) is 6.07 Å². The fourth-order valence-corrected chi connectivity index (χ4v) is 4.13. The zero-order chi connectivity index (χ0) is 21.3. The number of H-pyrrole nitrogens is 1. The highest BCUT2D eigenvalue weighted by molar-refractivity contribution is 7.13. The summed E-state index contributed by atoms with van der Waals surface area (Å²) in [6.45, 7) is 6.45. The summed E-state index contributed by atoms with van der Waals surface area (Å²) < 4.78 is 5.45. The second-order valence-electron chi connectivity index (χ2n) is 8.37. The Morgan fingerprint density at radius 2 is 2.17 bits per heavy atom. The van der Waals surface area contributed by atoms with Crippen LogP contribution >= 0.6 is 11.3 Å². The first-order valence-electron chi connectivity index (χ1n) is 9.97. The number of nitrogens with zero attached hydrogens (tertiary/aromatic N) is 3. The summed E-state index contributed by atoms with van der Waals surface area (Å²) in [5, 5.41) is 4.98. The van der Waals surface area contributed by atoms with E-state index in [1.807, 2.05) is 38.3 Å². The smallest absolute Gasteiger partial charge is 0.410 e. The Hall–Kier alpha value is -2.94. The maximum absolute atomic E-state index is 13.0. The van der Waals surface area contributed by atoms with Crippen molar-refractivity contribution < 1.29 is 14.3 Å². The van der Waals surface area contributed by atoms with E-state index >= 15 is 0 Å². The summed E-state index contributed by atoms with van der Waals surface area (Å²) in [5.41, 5.74) is 1.31. The van der Waals surface area contributed by atoms with Crippen LogP contribution in [0.3, 0.4) is 0 Å². The van der Waals surface area contributed by atoms with Crippen LogP contribution in [0, 0.1) is 5.92 Å². The number of hydrogen-bond acceptors (Lipinski definition) is 6. The molecule has 1 fully saturated rings. The van der Waals surface area contributed by atoms with Gasteiger partial charge in [-0.25, -0.2) is 14.8 Å². The molecule has 1 aliphatic rings. The number of aromatic nitrogens is 3. The third kappa shape index (κ3) is 4.46. The largest absolute Gasteiger partial charge is 0.444 e. The third-order valence-electron chi connectivity index (χ3n) is 4.85. The third-order valence-corrected chi connectivity index (χ3v) is 5.72. The number of hydrogen-bond donors (Lipinski definition) is 2. The van der Waals surface area contributed by atoms with E-state index in [4.69, 9.17) is 4.74 Å². The van der Waals surface area contributed by atoms with E-state index in [1.54, 1.807) is 28.5 Å². The first-order valence-corrected chi connectivity index (χ1v) is 10.9. The summed E-state index contributed by atoms with van der Waals surface area (Å²) >= 11 is 1.58. The number of carbonyl (C=O) groups excluding carboxylic acids is 2. The number of likely N-dealkylation sites (tertiary alicyclic amines) is 1. The highest BCUT2D eigenvalue weighted by atomic mass is 32.1. The van der Waals surface area contributed by atoms with Crippen LogP contribution in [0.25, 0.3) is 21.9 Å². The lowest BCUT2D eigenvalue weighted by Crippen LogP contribution is -2.45. The summed E-state index contributed by atoms with van der Waals surface area (Å²) in [6, 6.07) is 5.70. The molecule has 1 unspecified atom stereocenters. The molecule has 0 aliphatic carbocycles. The number of rotatable bonds is 3. The average Bonchev–Trinajstić information content (AvgIpc) is 3.36. The molecule has 1 atom stereocenters. The number of amides is 2. The van der Waals surface area contributed by atoms with Crippen molar-refractivity contribution in [1.29, 1.82) is 0 Å². The van der Waals surface area contributed by atoms with Gasteiger partial charge in [0.15, 0.2) is 11.5 Å². The van der Waals surface area contributed by atoms with Crippen molar-refractivity contribution in [3.63, 3.8) is 0 Å². The summed E-state index contributed by atoms with van der Waals surface area (Å²) in [7, 11) is 0. The monoisotopic (exact) mass is 427 g/mol. The first kappa shape index (κ1) is 20.3. The molecular weight excluding hydrogens is 402 g/mol. The number of anilines is 1. The van der Waals surface area contributed by atoms with Gasteiger partial charge in [0.2, 0.25) is 5.91 Å². The number of nitrogens with one attached hydrogen (secondary N) is 2. The molecule has 0 bridgehead atoms. The van der Waals surface area contributed by atoms with Crippen molar-refractivity contribution in [3.05, 3.63) is 29.8 Å². The maximum Gasteiger partial charge on any atom is 0.410 e. The Kier molecular flexibility index (Phi) is 5.46. The molecule has 4 rings (SSSR count). The molecule has 1 saturated heterocycles. The number of imidazole rings is 1. The molecule has 3 aromatic heterocycles. The van der Waals surface area contributed by atoms with Crippen molar-refractivity contribution in [2.45, 2.75) is 39.2 Å². The number of carbonyl (C=O) groups is 2. The van der Waals surface area contributed by atoms with Crippen LogP contribution in [-0.4, -0.2) is 50.5 Å². The quantitative estimate of drug-likeness (QED) is 0.650. The lowest BCUT2D eigenvalue weighted by atomic mass is 9.97. The molecule has 1 aliphatic heterocycles. The molecule has 0 spiro atoms. The fraction of sp³-hybridized carbons (Fsp3) is 0.429. The van der Waals surface area contributed by atoms with E-state index in [1.165, 1.54) is 0 Å². The standard InChI is InChI=1S/C21H25N5O3S/c1-21(2,3)29-20(28)26-10-4-6-13(12-26)19(27)23-14-8-9-22-18-16(14)24-17(25-18)15-7-5-11-30-15/h5,7-9,11,13H,4,6,10,12H2,1-3H3,(H2,22,23,24,25,27). The highest BCUT2D eigenvalue weighted by Crippen LogP contribution is 2.28. The maximum atomic E-state index is 13.0. The Bertz CT molecular complexity index is 1050.